The molecule has 1 aliphatic heterocycles. The highest BCUT2D eigenvalue weighted by Crippen LogP contribution is 2.21. The van der Waals surface area contributed by atoms with Crippen molar-refractivity contribution in [1.29, 1.82) is 0 Å². The van der Waals surface area contributed by atoms with Crippen molar-refractivity contribution >= 4 is 23.3 Å². The third-order valence-electron chi connectivity index (χ3n) is 3.53. The third kappa shape index (κ3) is 3.72. The van der Waals surface area contributed by atoms with Gasteiger partial charge in [0, 0.05) is 24.5 Å². The smallest absolute Gasteiger partial charge is 0.321 e. The van der Waals surface area contributed by atoms with Gasteiger partial charge >= 0.3 is 6.03 Å². The summed E-state index contributed by atoms with van der Waals surface area (Å²) in [7, 11) is 0. The zero-order valence-electron chi connectivity index (χ0n) is 12.4. The SMILES string of the molecule is CC(C)[C@H](N)C(=O)Nc1cccc(N2CCCNC2=O)c1. The molecule has 1 heterocycles. The Morgan fingerprint density at radius 1 is 1.43 bits per heavy atom. The van der Waals surface area contributed by atoms with Crippen LogP contribution < -0.4 is 21.3 Å². The Morgan fingerprint density at radius 2 is 2.19 bits per heavy atom. The van der Waals surface area contributed by atoms with Crippen LogP contribution in [0.25, 0.3) is 0 Å². The number of carbonyl (C=O) groups is 2. The summed E-state index contributed by atoms with van der Waals surface area (Å²) >= 11 is 0. The molecule has 1 aromatic carbocycles. The number of urea groups is 1. The minimum atomic E-state index is -0.549. The molecule has 0 bridgehead atoms. The summed E-state index contributed by atoms with van der Waals surface area (Å²) in [5.41, 5.74) is 7.24. The van der Waals surface area contributed by atoms with E-state index in [-0.39, 0.29) is 17.9 Å². The van der Waals surface area contributed by atoms with E-state index in [2.05, 4.69) is 10.6 Å². The summed E-state index contributed by atoms with van der Waals surface area (Å²) in [6.07, 6.45) is 0.903. The largest absolute Gasteiger partial charge is 0.338 e. The monoisotopic (exact) mass is 290 g/mol. The van der Waals surface area contributed by atoms with E-state index in [4.69, 9.17) is 5.73 Å². The van der Waals surface area contributed by atoms with Crippen LogP contribution >= 0.6 is 0 Å². The number of hydrogen-bond donors (Lipinski definition) is 3. The van der Waals surface area contributed by atoms with Crippen LogP contribution in [0.15, 0.2) is 24.3 Å². The molecule has 114 valence electrons. The van der Waals surface area contributed by atoms with Crippen molar-refractivity contribution in [1.82, 2.24) is 5.32 Å². The van der Waals surface area contributed by atoms with E-state index in [1.807, 2.05) is 26.0 Å². The average molecular weight is 290 g/mol. The molecular weight excluding hydrogens is 268 g/mol. The van der Waals surface area contributed by atoms with Gasteiger partial charge in [0.05, 0.1) is 6.04 Å². The Morgan fingerprint density at radius 3 is 2.86 bits per heavy atom. The maximum absolute atomic E-state index is 12.0. The fraction of sp³-hybridized carbons (Fsp3) is 0.467. The highest BCUT2D eigenvalue weighted by atomic mass is 16.2. The van der Waals surface area contributed by atoms with Crippen LogP contribution in [-0.2, 0) is 4.79 Å². The molecule has 3 amide bonds. The van der Waals surface area contributed by atoms with Gasteiger partial charge in [-0.15, -0.1) is 0 Å². The van der Waals surface area contributed by atoms with Gasteiger partial charge in [0.15, 0.2) is 0 Å². The number of rotatable bonds is 4. The van der Waals surface area contributed by atoms with Crippen LogP contribution in [-0.4, -0.2) is 31.1 Å². The highest BCUT2D eigenvalue weighted by Gasteiger charge is 2.20. The van der Waals surface area contributed by atoms with Crippen molar-refractivity contribution in [2.24, 2.45) is 11.7 Å². The molecule has 1 saturated heterocycles. The van der Waals surface area contributed by atoms with Crippen LogP contribution in [0, 0.1) is 5.92 Å². The fourth-order valence-electron chi connectivity index (χ4n) is 2.16. The number of benzene rings is 1. The van der Waals surface area contributed by atoms with Crippen LogP contribution in [0.5, 0.6) is 0 Å². The number of nitrogens with one attached hydrogen (secondary N) is 2. The number of nitrogens with zero attached hydrogens (tertiary/aromatic N) is 1. The second-order valence-corrected chi connectivity index (χ2v) is 5.55. The van der Waals surface area contributed by atoms with Gasteiger partial charge in [-0.2, -0.15) is 0 Å². The summed E-state index contributed by atoms with van der Waals surface area (Å²) in [5.74, 6) is -0.147. The van der Waals surface area contributed by atoms with Crippen molar-refractivity contribution < 1.29 is 9.59 Å². The first-order valence-corrected chi connectivity index (χ1v) is 7.21. The van der Waals surface area contributed by atoms with E-state index < -0.39 is 6.04 Å². The van der Waals surface area contributed by atoms with Crippen molar-refractivity contribution in [2.75, 3.05) is 23.3 Å². The first-order chi connectivity index (χ1) is 9.99. The van der Waals surface area contributed by atoms with Crippen molar-refractivity contribution in [3.63, 3.8) is 0 Å². The van der Waals surface area contributed by atoms with Crippen molar-refractivity contribution in [2.45, 2.75) is 26.3 Å². The molecule has 6 heteroatoms. The van der Waals surface area contributed by atoms with Gasteiger partial charge in [-0.3, -0.25) is 9.69 Å². The minimum absolute atomic E-state index is 0.0704. The predicted octanol–water partition coefficient (Wildman–Crippen LogP) is 1.53. The molecule has 21 heavy (non-hydrogen) atoms. The van der Waals surface area contributed by atoms with Crippen LogP contribution in [0.3, 0.4) is 0 Å². The number of nitrogens with two attached hydrogens (primary N) is 1. The van der Waals surface area contributed by atoms with Gasteiger partial charge in [-0.1, -0.05) is 19.9 Å². The molecule has 2 rings (SSSR count). The molecule has 1 aliphatic rings. The molecule has 0 radical (unpaired) electrons. The van der Waals surface area contributed by atoms with E-state index in [0.717, 1.165) is 12.1 Å². The zero-order chi connectivity index (χ0) is 15.4. The second-order valence-electron chi connectivity index (χ2n) is 5.55. The molecule has 1 aromatic rings. The van der Waals surface area contributed by atoms with E-state index in [9.17, 15) is 9.59 Å². The minimum Gasteiger partial charge on any atom is -0.338 e. The van der Waals surface area contributed by atoms with Crippen LogP contribution in [0.4, 0.5) is 16.2 Å². The van der Waals surface area contributed by atoms with Gasteiger partial charge in [0.1, 0.15) is 0 Å². The van der Waals surface area contributed by atoms with Crippen LogP contribution in [0.1, 0.15) is 20.3 Å². The summed E-state index contributed by atoms with van der Waals surface area (Å²) in [6.45, 7) is 5.18. The lowest BCUT2D eigenvalue weighted by Crippen LogP contribution is -2.46. The molecule has 0 saturated carbocycles. The van der Waals surface area contributed by atoms with Crippen molar-refractivity contribution in [3.05, 3.63) is 24.3 Å². The zero-order valence-corrected chi connectivity index (χ0v) is 12.4. The Labute approximate surface area is 124 Å². The number of hydrogen-bond acceptors (Lipinski definition) is 3. The van der Waals surface area contributed by atoms with Crippen LogP contribution in [0.2, 0.25) is 0 Å². The lowest BCUT2D eigenvalue weighted by Gasteiger charge is -2.27. The number of carbonyl (C=O) groups excluding carboxylic acids is 2. The lowest BCUT2D eigenvalue weighted by atomic mass is 10.0. The molecule has 0 aromatic heterocycles. The Kier molecular flexibility index (Phi) is 4.80. The second kappa shape index (κ2) is 6.58. The molecule has 4 N–H and O–H groups in total. The molecule has 0 aliphatic carbocycles. The molecule has 6 nitrogen and oxygen atoms in total. The van der Waals surface area contributed by atoms with Crippen molar-refractivity contribution in [3.8, 4) is 0 Å². The third-order valence-corrected chi connectivity index (χ3v) is 3.53. The Bertz CT molecular complexity index is 530. The molecule has 0 spiro atoms. The lowest BCUT2D eigenvalue weighted by molar-refractivity contribution is -0.118. The molecule has 0 unspecified atom stereocenters. The van der Waals surface area contributed by atoms with Gasteiger partial charge in [-0.25, -0.2) is 4.79 Å². The standard InChI is InChI=1S/C15H22N4O2/c1-10(2)13(16)14(20)18-11-5-3-6-12(9-11)19-8-4-7-17-15(19)21/h3,5-6,9-10,13H,4,7-8,16H2,1-2H3,(H,17,21)(H,18,20)/t13-/m0/s1. The number of anilines is 2. The van der Waals surface area contributed by atoms with E-state index in [1.165, 1.54) is 0 Å². The quantitative estimate of drug-likeness (QED) is 0.786. The predicted molar refractivity (Wildman–Crippen MR) is 83.2 cm³/mol. The molecular formula is C15H22N4O2. The van der Waals surface area contributed by atoms with E-state index in [1.54, 1.807) is 17.0 Å². The first-order valence-electron chi connectivity index (χ1n) is 7.21. The highest BCUT2D eigenvalue weighted by molar-refractivity contribution is 5.97. The van der Waals surface area contributed by atoms with E-state index in [0.29, 0.717) is 18.8 Å². The summed E-state index contributed by atoms with van der Waals surface area (Å²) in [6, 6.07) is 6.58. The maximum Gasteiger partial charge on any atom is 0.321 e. The fourth-order valence-corrected chi connectivity index (χ4v) is 2.16. The van der Waals surface area contributed by atoms with Gasteiger partial charge in [-0.05, 0) is 30.5 Å². The maximum atomic E-state index is 12.0. The first kappa shape index (κ1) is 15.3. The Hall–Kier alpha value is -2.08. The summed E-state index contributed by atoms with van der Waals surface area (Å²) in [5, 5.41) is 5.60. The van der Waals surface area contributed by atoms with Gasteiger partial charge in [0.2, 0.25) is 5.91 Å². The van der Waals surface area contributed by atoms with E-state index >= 15 is 0 Å². The average Bonchev–Trinajstić information content (AvgIpc) is 2.47. The normalized spacial score (nSPS) is 16.6. The number of amides is 3. The summed E-state index contributed by atoms with van der Waals surface area (Å²) in [4.78, 5) is 25.5. The van der Waals surface area contributed by atoms with Gasteiger partial charge < -0.3 is 16.4 Å². The topological polar surface area (TPSA) is 87.5 Å². The molecule has 1 atom stereocenters. The summed E-state index contributed by atoms with van der Waals surface area (Å²) < 4.78 is 0. The molecule has 1 fully saturated rings. The van der Waals surface area contributed by atoms with Gasteiger partial charge in [0.25, 0.3) is 0 Å². The Balaban J connectivity index is 2.10.